The first-order chi connectivity index (χ1) is 16.9. The molecule has 0 aliphatic carbocycles. The number of nitrogens with zero attached hydrogens (tertiary/aromatic N) is 4. The third-order valence-corrected chi connectivity index (χ3v) is 7.17. The van der Waals surface area contributed by atoms with Crippen molar-refractivity contribution < 1.29 is 19.3 Å². The van der Waals surface area contributed by atoms with E-state index < -0.39 is 0 Å². The summed E-state index contributed by atoms with van der Waals surface area (Å²) >= 11 is 0. The summed E-state index contributed by atoms with van der Waals surface area (Å²) in [6.45, 7) is 15.5. The second-order valence-corrected chi connectivity index (χ2v) is 12.3. The first kappa shape index (κ1) is 24.2. The van der Waals surface area contributed by atoms with Crippen molar-refractivity contribution in [3.05, 3.63) is 95.1 Å². The van der Waals surface area contributed by atoms with E-state index in [2.05, 4.69) is 84.1 Å². The van der Waals surface area contributed by atoms with Crippen LogP contribution in [0.3, 0.4) is 0 Å². The smallest absolute Gasteiger partial charge is 0.244 e. The first-order valence-corrected chi connectivity index (χ1v) is 12.7. The summed E-state index contributed by atoms with van der Waals surface area (Å²) in [5.74, 6) is 0.710. The fraction of sp³-hybridized carbons (Fsp3) is 0.400. The molecular weight excluding hydrogens is 448 g/mol. The number of aromatic nitrogens is 4. The highest BCUT2D eigenvalue weighted by molar-refractivity contribution is 5.47. The van der Waals surface area contributed by atoms with Crippen LogP contribution in [0.4, 0.5) is 0 Å². The lowest BCUT2D eigenvalue weighted by atomic mass is 9.84. The van der Waals surface area contributed by atoms with Gasteiger partial charge in [0.05, 0.1) is 0 Å². The SMILES string of the molecule is CC(C)(C)c1cc2c(O)c(c1)Cn1cc[n+](c1)Cc1cc(C(C)(C)C)cc(c1O)C[n+]1ccn(c1)C2. The minimum Gasteiger partial charge on any atom is -0.507 e. The standard InChI is InChI=1S/C30H36N4O2/c1-29(2,3)25-11-21-15-31-7-9-33(19-31)17-23-13-26(30(4,5)6)14-24(28(23)36)18-34-10-8-32(20-34)16-22(12-25)27(21)35/h7-14,19-20H,15-18H2,1-6H3/p+2. The zero-order valence-electron chi connectivity index (χ0n) is 22.3. The lowest BCUT2D eigenvalue weighted by molar-refractivity contribution is -0.688. The van der Waals surface area contributed by atoms with Crippen molar-refractivity contribution >= 4 is 0 Å². The number of hydrogen-bond acceptors (Lipinski definition) is 2. The molecule has 188 valence electrons. The maximum Gasteiger partial charge on any atom is 0.244 e. The van der Waals surface area contributed by atoms with Crippen molar-refractivity contribution in [2.45, 2.75) is 78.6 Å². The molecule has 3 heterocycles. The monoisotopic (exact) mass is 486 g/mol. The molecule has 1 aliphatic heterocycles. The summed E-state index contributed by atoms with van der Waals surface area (Å²) < 4.78 is 8.36. The maximum atomic E-state index is 11.3. The van der Waals surface area contributed by atoms with E-state index >= 15 is 0 Å². The number of hydrogen-bond donors (Lipinski definition) is 2. The Bertz CT molecular complexity index is 1240. The molecule has 6 heteroatoms. The van der Waals surface area contributed by atoms with E-state index in [1.807, 2.05) is 37.4 Å². The van der Waals surface area contributed by atoms with Gasteiger partial charge in [-0.25, -0.2) is 18.3 Å². The fourth-order valence-corrected chi connectivity index (χ4v) is 4.91. The Kier molecular flexibility index (Phi) is 5.73. The quantitative estimate of drug-likeness (QED) is 0.319. The lowest BCUT2D eigenvalue weighted by Crippen LogP contribution is -2.34. The van der Waals surface area contributed by atoms with Crippen LogP contribution in [0.1, 0.15) is 74.9 Å². The van der Waals surface area contributed by atoms with Crippen LogP contribution in [-0.4, -0.2) is 19.3 Å². The summed E-state index contributed by atoms with van der Waals surface area (Å²) in [5.41, 5.74) is 5.99. The largest absolute Gasteiger partial charge is 0.507 e. The molecule has 0 atom stereocenters. The lowest BCUT2D eigenvalue weighted by Gasteiger charge is -2.22. The van der Waals surface area contributed by atoms with Crippen LogP contribution < -0.4 is 9.13 Å². The molecule has 1 aliphatic rings. The first-order valence-electron chi connectivity index (χ1n) is 12.7. The van der Waals surface area contributed by atoms with E-state index in [-0.39, 0.29) is 10.8 Å². The van der Waals surface area contributed by atoms with E-state index in [9.17, 15) is 10.2 Å². The third-order valence-electron chi connectivity index (χ3n) is 7.17. The predicted octanol–water partition coefficient (Wildman–Crippen LogP) is 4.38. The van der Waals surface area contributed by atoms with Crippen LogP contribution in [0, 0.1) is 0 Å². The van der Waals surface area contributed by atoms with Gasteiger partial charge in [-0.2, -0.15) is 0 Å². The fourth-order valence-electron chi connectivity index (χ4n) is 4.91. The molecule has 0 fully saturated rings. The third kappa shape index (κ3) is 4.77. The van der Waals surface area contributed by atoms with E-state index in [0.717, 1.165) is 22.3 Å². The van der Waals surface area contributed by atoms with Crippen molar-refractivity contribution in [2.24, 2.45) is 0 Å². The van der Waals surface area contributed by atoms with Crippen LogP contribution in [0.5, 0.6) is 11.5 Å². The van der Waals surface area contributed by atoms with Crippen molar-refractivity contribution in [3.8, 4) is 11.5 Å². The molecule has 0 unspecified atom stereocenters. The second kappa shape index (κ2) is 8.54. The number of phenols is 2. The molecule has 2 aromatic carbocycles. The zero-order valence-corrected chi connectivity index (χ0v) is 22.3. The molecule has 4 aromatic rings. The van der Waals surface area contributed by atoms with Gasteiger partial charge >= 0.3 is 0 Å². The van der Waals surface area contributed by atoms with E-state index in [4.69, 9.17) is 0 Å². The van der Waals surface area contributed by atoms with Crippen LogP contribution >= 0.6 is 0 Å². The van der Waals surface area contributed by atoms with Gasteiger partial charge in [0.1, 0.15) is 62.5 Å². The Morgan fingerprint density at radius 2 is 0.972 bits per heavy atom. The normalized spacial score (nSPS) is 14.2. The van der Waals surface area contributed by atoms with Crippen LogP contribution in [0.2, 0.25) is 0 Å². The Balaban J connectivity index is 1.67. The highest BCUT2D eigenvalue weighted by Gasteiger charge is 2.24. The molecule has 0 spiro atoms. The minimum atomic E-state index is -0.0315. The van der Waals surface area contributed by atoms with Gasteiger partial charge < -0.3 is 10.2 Å². The van der Waals surface area contributed by atoms with Crippen molar-refractivity contribution in [1.82, 2.24) is 9.13 Å². The molecule has 0 radical (unpaired) electrons. The number of aromatic hydroxyl groups is 2. The molecular formula is C30H38N4O2+2. The highest BCUT2D eigenvalue weighted by Crippen LogP contribution is 2.33. The van der Waals surface area contributed by atoms with Gasteiger partial charge in [0.15, 0.2) is 0 Å². The summed E-state index contributed by atoms with van der Waals surface area (Å²) in [6.07, 6.45) is 12.2. The predicted molar refractivity (Wildman–Crippen MR) is 139 cm³/mol. The van der Waals surface area contributed by atoms with Crippen LogP contribution in [0.25, 0.3) is 0 Å². The van der Waals surface area contributed by atoms with Gasteiger partial charge in [-0.15, -0.1) is 0 Å². The number of fused-ring (bicyclic) bond motifs is 8. The van der Waals surface area contributed by atoms with Gasteiger partial charge in [0.25, 0.3) is 0 Å². The Labute approximate surface area is 213 Å². The summed E-state index contributed by atoms with van der Waals surface area (Å²) in [5, 5.41) is 22.5. The van der Waals surface area contributed by atoms with Crippen molar-refractivity contribution in [2.75, 3.05) is 0 Å². The summed E-state index contributed by atoms with van der Waals surface area (Å²) in [7, 11) is 0. The van der Waals surface area contributed by atoms with Crippen LogP contribution in [0.15, 0.2) is 61.7 Å². The Hall–Kier alpha value is -3.54. The Morgan fingerprint density at radius 1 is 0.611 bits per heavy atom. The molecule has 8 bridgehead atoms. The van der Waals surface area contributed by atoms with Gasteiger partial charge in [-0.1, -0.05) is 41.5 Å². The molecule has 2 N–H and O–H groups in total. The zero-order chi connectivity index (χ0) is 25.8. The average Bonchev–Trinajstić information content (AvgIpc) is 3.40. The highest BCUT2D eigenvalue weighted by atomic mass is 16.3. The van der Waals surface area contributed by atoms with Gasteiger partial charge in [0, 0.05) is 22.3 Å². The van der Waals surface area contributed by atoms with Gasteiger partial charge in [-0.3, -0.25) is 0 Å². The number of phenolic OH excluding ortho intramolecular Hbond substituents is 2. The van der Waals surface area contributed by atoms with E-state index in [1.165, 1.54) is 11.1 Å². The summed E-state index contributed by atoms with van der Waals surface area (Å²) in [6, 6.07) is 8.53. The number of benzene rings is 2. The average molecular weight is 487 g/mol. The number of rotatable bonds is 0. The Morgan fingerprint density at radius 3 is 1.36 bits per heavy atom. The topological polar surface area (TPSA) is 58.1 Å². The molecule has 0 saturated heterocycles. The molecule has 36 heavy (non-hydrogen) atoms. The molecule has 0 amide bonds. The molecule has 6 nitrogen and oxygen atoms in total. The van der Waals surface area contributed by atoms with Crippen LogP contribution in [-0.2, 0) is 37.0 Å². The summed E-state index contributed by atoms with van der Waals surface area (Å²) in [4.78, 5) is 0. The van der Waals surface area contributed by atoms with Gasteiger partial charge in [0.2, 0.25) is 12.7 Å². The second-order valence-electron chi connectivity index (χ2n) is 12.3. The van der Waals surface area contributed by atoms with Gasteiger partial charge in [-0.05, 0) is 46.2 Å². The number of imidazole rings is 2. The molecule has 2 aromatic heterocycles. The van der Waals surface area contributed by atoms with Crippen molar-refractivity contribution in [3.63, 3.8) is 0 Å². The molecule has 5 rings (SSSR count). The maximum absolute atomic E-state index is 11.3. The van der Waals surface area contributed by atoms with Crippen molar-refractivity contribution in [1.29, 1.82) is 0 Å². The van der Waals surface area contributed by atoms with E-state index in [1.54, 1.807) is 0 Å². The minimum absolute atomic E-state index is 0.0315. The van der Waals surface area contributed by atoms with E-state index in [0.29, 0.717) is 37.7 Å². The molecule has 0 saturated carbocycles.